The van der Waals surface area contributed by atoms with Gasteiger partial charge in [-0.15, -0.1) is 16.4 Å². The van der Waals surface area contributed by atoms with E-state index in [-0.39, 0.29) is 74.6 Å². The predicted octanol–water partition coefficient (Wildman–Crippen LogP) is 5.02. The molecule has 12 nitrogen and oxygen atoms in total. The number of aromatic nitrogens is 3. The molecule has 222 valence electrons. The van der Waals surface area contributed by atoms with Gasteiger partial charge in [0, 0.05) is 37.1 Å². The molecule has 2 aromatic heterocycles. The number of carbonyl (C=O) groups is 3. The van der Waals surface area contributed by atoms with Gasteiger partial charge in [-0.1, -0.05) is 11.3 Å². The van der Waals surface area contributed by atoms with E-state index in [4.69, 9.17) is 4.74 Å². The summed E-state index contributed by atoms with van der Waals surface area (Å²) in [5, 5.41) is 30.5. The first-order chi connectivity index (χ1) is 20.4. The second kappa shape index (κ2) is 10.2. The van der Waals surface area contributed by atoms with Crippen molar-refractivity contribution in [2.45, 2.75) is 45.4 Å². The highest BCUT2D eigenvalue weighted by molar-refractivity contribution is 7.23. The van der Waals surface area contributed by atoms with E-state index in [0.717, 1.165) is 23.5 Å². The number of ether oxygens (including phenoxy) is 1. The Balaban J connectivity index is 1.50. The largest absolute Gasteiger partial charge is 0.465 e. The number of hydrogen-bond donors (Lipinski definition) is 2. The summed E-state index contributed by atoms with van der Waals surface area (Å²) in [5.74, 6) is -1.99. The van der Waals surface area contributed by atoms with Crippen LogP contribution in [0.15, 0.2) is 18.2 Å². The fourth-order valence-electron chi connectivity index (χ4n) is 5.64. The average Bonchev–Trinajstić information content (AvgIpc) is 3.51. The number of aryl methyl sites for hydroxylation is 1. The van der Waals surface area contributed by atoms with Gasteiger partial charge in [0.15, 0.2) is 0 Å². The van der Waals surface area contributed by atoms with Crippen molar-refractivity contribution in [1.29, 1.82) is 5.26 Å². The van der Waals surface area contributed by atoms with Crippen molar-refractivity contribution in [2.24, 2.45) is 0 Å². The molecular formula is C28H25F2N7O5S. The maximum atomic E-state index is 16.2. The van der Waals surface area contributed by atoms with Crippen LogP contribution in [-0.2, 0) is 11.3 Å². The maximum absolute atomic E-state index is 16.2. The lowest BCUT2D eigenvalue weighted by Gasteiger charge is -2.41. The standard InChI is InChI=1S/C28H25F2N7O5S/c1-28(2,3)42-26(39)32-24-16(11-31)19-14(4-5-17(29)23(19)43-24)20-18(30)10-15-22-21(20)33-34-37(22)7-6-13-12-35(27(40)41)8-9-36(13)25(15)38/h4-5,10,13H,6-9,12H2,1-3H3,(H,32,39)(H,40,41)/t13-/m0/s1. The third kappa shape index (κ3) is 4.77. The molecule has 0 aliphatic carbocycles. The van der Waals surface area contributed by atoms with Gasteiger partial charge in [-0.2, -0.15) is 5.26 Å². The number of benzene rings is 2. The summed E-state index contributed by atoms with van der Waals surface area (Å²) in [6, 6.07) is 5.12. The molecule has 15 heteroatoms. The highest BCUT2D eigenvalue weighted by atomic mass is 32.1. The Labute approximate surface area is 247 Å². The van der Waals surface area contributed by atoms with Crippen molar-refractivity contribution in [1.82, 2.24) is 24.8 Å². The molecule has 3 amide bonds. The van der Waals surface area contributed by atoms with E-state index in [1.165, 1.54) is 15.6 Å². The molecule has 2 aliphatic rings. The first-order valence-electron chi connectivity index (χ1n) is 13.4. The minimum atomic E-state index is -1.08. The second-order valence-electron chi connectivity index (χ2n) is 11.3. The number of thiophene rings is 1. The lowest BCUT2D eigenvalue weighted by Crippen LogP contribution is -2.57. The van der Waals surface area contributed by atoms with E-state index in [1.807, 2.05) is 6.07 Å². The monoisotopic (exact) mass is 609 g/mol. The van der Waals surface area contributed by atoms with Gasteiger partial charge < -0.3 is 19.6 Å². The van der Waals surface area contributed by atoms with Crippen molar-refractivity contribution in [3.8, 4) is 17.2 Å². The summed E-state index contributed by atoms with van der Waals surface area (Å²) in [6.07, 6.45) is -1.52. The molecule has 2 aliphatic heterocycles. The average molecular weight is 610 g/mol. The van der Waals surface area contributed by atoms with Crippen LogP contribution >= 0.6 is 11.3 Å². The van der Waals surface area contributed by atoms with Crippen LogP contribution in [0.1, 0.15) is 43.1 Å². The molecule has 2 aromatic carbocycles. The number of hydrogen-bond acceptors (Lipinski definition) is 8. The van der Waals surface area contributed by atoms with Crippen molar-refractivity contribution in [2.75, 3.05) is 25.0 Å². The first-order valence-corrected chi connectivity index (χ1v) is 14.2. The van der Waals surface area contributed by atoms with Gasteiger partial charge in [-0.05, 0) is 44.9 Å². The highest BCUT2D eigenvalue weighted by Crippen LogP contribution is 2.45. The summed E-state index contributed by atoms with van der Waals surface area (Å²) in [6.45, 7) is 5.69. The molecule has 1 atom stereocenters. The zero-order chi connectivity index (χ0) is 30.8. The van der Waals surface area contributed by atoms with Crippen LogP contribution in [0.5, 0.6) is 0 Å². The highest BCUT2D eigenvalue weighted by Gasteiger charge is 2.37. The van der Waals surface area contributed by atoms with Crippen molar-refractivity contribution >= 4 is 55.6 Å². The van der Waals surface area contributed by atoms with Gasteiger partial charge in [0.25, 0.3) is 5.91 Å². The van der Waals surface area contributed by atoms with Gasteiger partial charge >= 0.3 is 12.2 Å². The molecule has 0 spiro atoms. The van der Waals surface area contributed by atoms with Crippen LogP contribution in [0.4, 0.5) is 23.4 Å². The number of nitrogens with one attached hydrogen (secondary N) is 1. The van der Waals surface area contributed by atoms with Crippen LogP contribution in [0.25, 0.3) is 32.2 Å². The Bertz CT molecular complexity index is 1890. The van der Waals surface area contributed by atoms with Crippen molar-refractivity contribution in [3.05, 3.63) is 41.0 Å². The summed E-state index contributed by atoms with van der Waals surface area (Å²) >= 11 is 0.815. The molecule has 0 saturated carbocycles. The lowest BCUT2D eigenvalue weighted by atomic mass is 9.94. The third-order valence-electron chi connectivity index (χ3n) is 7.44. The normalized spacial score (nSPS) is 16.9. The molecule has 1 saturated heterocycles. The van der Waals surface area contributed by atoms with Crippen LogP contribution in [0.3, 0.4) is 0 Å². The Kier molecular flexibility index (Phi) is 6.68. The fourth-order valence-corrected chi connectivity index (χ4v) is 6.71. The van der Waals surface area contributed by atoms with Crippen LogP contribution < -0.4 is 5.32 Å². The van der Waals surface area contributed by atoms with E-state index < -0.39 is 41.4 Å². The number of nitrogens with zero attached hydrogens (tertiary/aromatic N) is 6. The van der Waals surface area contributed by atoms with Gasteiger partial charge in [-0.25, -0.2) is 23.1 Å². The molecule has 0 radical (unpaired) electrons. The van der Waals surface area contributed by atoms with E-state index >= 15 is 8.78 Å². The zero-order valence-electron chi connectivity index (χ0n) is 23.3. The minimum Gasteiger partial charge on any atom is -0.465 e. The Morgan fingerprint density at radius 3 is 2.65 bits per heavy atom. The van der Waals surface area contributed by atoms with Gasteiger partial charge in [0.2, 0.25) is 0 Å². The molecule has 0 bridgehead atoms. The number of halogens is 2. The number of carbonyl (C=O) groups excluding carboxylic acids is 2. The zero-order valence-corrected chi connectivity index (χ0v) is 24.1. The summed E-state index contributed by atoms with van der Waals surface area (Å²) < 4.78 is 38.0. The van der Waals surface area contributed by atoms with E-state index in [0.29, 0.717) is 6.42 Å². The number of carboxylic acid groups (broad SMARTS) is 1. The molecule has 4 aromatic rings. The third-order valence-corrected chi connectivity index (χ3v) is 8.56. The van der Waals surface area contributed by atoms with Gasteiger partial charge in [-0.3, -0.25) is 10.1 Å². The molecular weight excluding hydrogens is 584 g/mol. The molecule has 4 heterocycles. The van der Waals surface area contributed by atoms with E-state index in [2.05, 4.69) is 15.6 Å². The molecule has 6 rings (SSSR count). The number of piperazine rings is 1. The SMILES string of the molecule is CC(C)(C)OC(=O)Nc1sc2c(F)ccc(-c3c(F)cc4c5c3nnn5CC[C@H]3CN(C(=O)O)CCN3C4=O)c2c1C#N. The number of amides is 3. The molecule has 1 fully saturated rings. The van der Waals surface area contributed by atoms with Gasteiger partial charge in [0.1, 0.15) is 39.3 Å². The smallest absolute Gasteiger partial charge is 0.412 e. The first kappa shape index (κ1) is 28.3. The summed E-state index contributed by atoms with van der Waals surface area (Å²) in [7, 11) is 0. The Hall–Kier alpha value is -4.84. The lowest BCUT2D eigenvalue weighted by molar-refractivity contribution is 0.0417. The van der Waals surface area contributed by atoms with Crippen LogP contribution in [0, 0.1) is 23.0 Å². The minimum absolute atomic E-state index is 0.0143. The number of nitriles is 1. The number of rotatable bonds is 2. The van der Waals surface area contributed by atoms with Crippen molar-refractivity contribution < 1.29 is 33.0 Å². The molecule has 2 N–H and O–H groups in total. The molecule has 43 heavy (non-hydrogen) atoms. The second-order valence-corrected chi connectivity index (χ2v) is 12.3. The van der Waals surface area contributed by atoms with E-state index in [9.17, 15) is 24.8 Å². The number of anilines is 1. The summed E-state index contributed by atoms with van der Waals surface area (Å²) in [4.78, 5) is 40.6. The Morgan fingerprint density at radius 1 is 1.19 bits per heavy atom. The quantitative estimate of drug-likeness (QED) is 0.321. The Morgan fingerprint density at radius 2 is 1.95 bits per heavy atom. The molecule has 0 unspecified atom stereocenters. The van der Waals surface area contributed by atoms with Crippen molar-refractivity contribution in [3.63, 3.8) is 0 Å². The topological polar surface area (TPSA) is 154 Å². The summed E-state index contributed by atoms with van der Waals surface area (Å²) in [5.41, 5.74) is -0.494. The van der Waals surface area contributed by atoms with E-state index in [1.54, 1.807) is 25.7 Å². The fraction of sp³-hybridized carbons (Fsp3) is 0.357. The van der Waals surface area contributed by atoms with Crippen LogP contribution in [0.2, 0.25) is 0 Å². The number of fused-ring (bicyclic) bond motifs is 2. The maximum Gasteiger partial charge on any atom is 0.412 e. The predicted molar refractivity (Wildman–Crippen MR) is 152 cm³/mol. The van der Waals surface area contributed by atoms with Gasteiger partial charge in [0.05, 0.1) is 21.9 Å². The van der Waals surface area contributed by atoms with Crippen LogP contribution in [-0.4, -0.2) is 79.3 Å².